The lowest BCUT2D eigenvalue weighted by atomic mass is 10.1. The van der Waals surface area contributed by atoms with Gasteiger partial charge in [0.2, 0.25) is 0 Å². The van der Waals surface area contributed by atoms with Crippen molar-refractivity contribution in [2.45, 2.75) is 20.3 Å². The van der Waals surface area contributed by atoms with Crippen molar-refractivity contribution in [1.82, 2.24) is 14.6 Å². The molecule has 0 saturated carbocycles. The molecule has 0 bridgehead atoms. The zero-order valence-corrected chi connectivity index (χ0v) is 13.6. The zero-order valence-electron chi connectivity index (χ0n) is 13.6. The average Bonchev–Trinajstić information content (AvgIpc) is 2.99. The highest BCUT2D eigenvalue weighted by atomic mass is 16.5. The van der Waals surface area contributed by atoms with E-state index in [2.05, 4.69) is 10.1 Å². The van der Waals surface area contributed by atoms with Crippen molar-refractivity contribution < 1.29 is 9.47 Å². The molecule has 120 valence electrons. The minimum Gasteiger partial charge on any atom is -0.497 e. The van der Waals surface area contributed by atoms with Crippen molar-refractivity contribution in [2.75, 3.05) is 14.2 Å². The van der Waals surface area contributed by atoms with E-state index in [0.29, 0.717) is 23.6 Å². The summed E-state index contributed by atoms with van der Waals surface area (Å²) in [5.41, 5.74) is 3.67. The Kier molecular flexibility index (Phi) is 3.82. The number of hydrogen-bond donors (Lipinski definition) is 1. The van der Waals surface area contributed by atoms with Crippen molar-refractivity contribution >= 4 is 5.65 Å². The molecule has 3 rings (SSSR count). The third kappa shape index (κ3) is 2.56. The van der Waals surface area contributed by atoms with E-state index in [-0.39, 0.29) is 5.56 Å². The number of aromatic nitrogens is 3. The Bertz CT molecular complexity index is 902. The number of nitrogens with one attached hydrogen (secondary N) is 1. The third-order valence-corrected chi connectivity index (χ3v) is 3.93. The van der Waals surface area contributed by atoms with Crippen LogP contribution in [0.5, 0.6) is 11.5 Å². The first kappa shape index (κ1) is 15.1. The Morgan fingerprint density at radius 1 is 1.13 bits per heavy atom. The lowest BCUT2D eigenvalue weighted by Crippen LogP contribution is -2.21. The van der Waals surface area contributed by atoms with Gasteiger partial charge in [-0.1, -0.05) is 6.92 Å². The van der Waals surface area contributed by atoms with Crippen LogP contribution in [0.15, 0.2) is 29.1 Å². The molecule has 6 nitrogen and oxygen atoms in total. The number of ether oxygens (including phenoxy) is 2. The number of hydrogen-bond acceptors (Lipinski definition) is 4. The molecule has 0 atom stereocenters. The Hall–Kier alpha value is -2.76. The quantitative estimate of drug-likeness (QED) is 0.804. The molecule has 0 radical (unpaired) electrons. The molecule has 0 amide bonds. The number of rotatable bonds is 4. The molecule has 0 aliphatic heterocycles. The van der Waals surface area contributed by atoms with E-state index < -0.39 is 0 Å². The highest BCUT2D eigenvalue weighted by Gasteiger charge is 2.12. The minimum absolute atomic E-state index is 0.0592. The molecule has 0 fully saturated rings. The van der Waals surface area contributed by atoms with Crippen LogP contribution in [0.4, 0.5) is 0 Å². The van der Waals surface area contributed by atoms with Crippen LogP contribution in [0.2, 0.25) is 0 Å². The van der Waals surface area contributed by atoms with E-state index in [1.54, 1.807) is 20.3 Å². The fourth-order valence-corrected chi connectivity index (χ4v) is 2.69. The van der Waals surface area contributed by atoms with E-state index in [0.717, 1.165) is 22.5 Å². The maximum Gasteiger partial charge on any atom is 0.276 e. The number of methoxy groups -OCH3 is 2. The van der Waals surface area contributed by atoms with Crippen LogP contribution in [0, 0.1) is 6.92 Å². The summed E-state index contributed by atoms with van der Waals surface area (Å²) in [6, 6.07) is 7.41. The molecule has 2 aromatic heterocycles. The summed E-state index contributed by atoms with van der Waals surface area (Å²) in [7, 11) is 3.21. The Labute approximate surface area is 133 Å². The Morgan fingerprint density at radius 3 is 2.35 bits per heavy atom. The van der Waals surface area contributed by atoms with Crippen molar-refractivity contribution in [3.05, 3.63) is 45.9 Å². The molecule has 0 aliphatic carbocycles. The van der Waals surface area contributed by atoms with E-state index in [9.17, 15) is 4.79 Å². The average molecular weight is 313 g/mol. The first-order valence-electron chi connectivity index (χ1n) is 7.42. The summed E-state index contributed by atoms with van der Waals surface area (Å²) < 4.78 is 12.1. The highest BCUT2D eigenvalue weighted by molar-refractivity contribution is 5.67. The van der Waals surface area contributed by atoms with Gasteiger partial charge in [-0.05, 0) is 25.5 Å². The van der Waals surface area contributed by atoms with E-state index in [1.165, 1.54) is 4.52 Å². The van der Waals surface area contributed by atoms with Crippen LogP contribution < -0.4 is 15.0 Å². The summed E-state index contributed by atoms with van der Waals surface area (Å²) >= 11 is 0. The maximum absolute atomic E-state index is 12.5. The summed E-state index contributed by atoms with van der Waals surface area (Å²) in [6.45, 7) is 3.82. The van der Waals surface area contributed by atoms with Gasteiger partial charge in [0, 0.05) is 29.0 Å². The van der Waals surface area contributed by atoms with E-state index in [1.807, 2.05) is 32.0 Å². The molecule has 0 saturated heterocycles. The van der Waals surface area contributed by atoms with Crippen LogP contribution in [0.3, 0.4) is 0 Å². The first-order chi connectivity index (χ1) is 11.1. The smallest absolute Gasteiger partial charge is 0.276 e. The van der Waals surface area contributed by atoms with E-state index >= 15 is 0 Å². The fraction of sp³-hybridized carbons (Fsp3) is 0.294. The second-order valence-corrected chi connectivity index (χ2v) is 5.30. The molecule has 23 heavy (non-hydrogen) atoms. The third-order valence-electron chi connectivity index (χ3n) is 3.93. The van der Waals surface area contributed by atoms with Crippen molar-refractivity contribution in [1.29, 1.82) is 0 Å². The topological polar surface area (TPSA) is 68.6 Å². The van der Waals surface area contributed by atoms with Gasteiger partial charge in [-0.25, -0.2) is 9.50 Å². The maximum atomic E-state index is 12.5. The summed E-state index contributed by atoms with van der Waals surface area (Å²) in [6.07, 6.45) is 0.655. The molecular formula is C17H19N3O3. The molecular weight excluding hydrogens is 294 g/mol. The Morgan fingerprint density at radius 2 is 1.78 bits per heavy atom. The zero-order chi connectivity index (χ0) is 16.6. The molecule has 1 aromatic carbocycles. The van der Waals surface area contributed by atoms with Gasteiger partial charge in [-0.3, -0.25) is 9.89 Å². The van der Waals surface area contributed by atoms with Crippen molar-refractivity contribution in [3.8, 4) is 22.8 Å². The Balaban J connectivity index is 2.22. The normalized spacial score (nSPS) is 11.0. The van der Waals surface area contributed by atoms with Gasteiger partial charge in [0.25, 0.3) is 5.56 Å². The lowest BCUT2D eigenvalue weighted by Gasteiger charge is -2.07. The summed E-state index contributed by atoms with van der Waals surface area (Å²) in [5, 5.41) is 3.12. The van der Waals surface area contributed by atoms with Crippen molar-refractivity contribution in [3.63, 3.8) is 0 Å². The van der Waals surface area contributed by atoms with Gasteiger partial charge in [-0.2, -0.15) is 0 Å². The molecule has 0 unspecified atom stereocenters. The molecule has 3 aromatic rings. The van der Waals surface area contributed by atoms with Crippen LogP contribution in [0.25, 0.3) is 16.9 Å². The number of aromatic amines is 1. The van der Waals surface area contributed by atoms with Crippen LogP contribution in [-0.4, -0.2) is 28.8 Å². The van der Waals surface area contributed by atoms with Gasteiger partial charge < -0.3 is 9.47 Å². The minimum atomic E-state index is -0.0592. The monoisotopic (exact) mass is 313 g/mol. The number of nitrogens with zero attached hydrogens (tertiary/aromatic N) is 2. The first-order valence-corrected chi connectivity index (χ1v) is 7.42. The van der Waals surface area contributed by atoms with Crippen LogP contribution >= 0.6 is 0 Å². The summed E-state index contributed by atoms with van der Waals surface area (Å²) in [4.78, 5) is 17.0. The molecule has 0 aliphatic rings. The molecule has 0 spiro atoms. The number of H-pyrrole nitrogens is 1. The fourth-order valence-electron chi connectivity index (χ4n) is 2.69. The SMILES string of the molecule is CCc1c(C)nc2cc(-c3cc(OC)cc(OC)c3)[nH]n2c1=O. The van der Waals surface area contributed by atoms with Crippen molar-refractivity contribution in [2.24, 2.45) is 0 Å². The van der Waals surface area contributed by atoms with Crippen LogP contribution in [-0.2, 0) is 6.42 Å². The highest BCUT2D eigenvalue weighted by Crippen LogP contribution is 2.29. The van der Waals surface area contributed by atoms with Crippen LogP contribution in [0.1, 0.15) is 18.2 Å². The summed E-state index contributed by atoms with van der Waals surface area (Å²) in [5.74, 6) is 1.37. The van der Waals surface area contributed by atoms with Gasteiger partial charge in [-0.15, -0.1) is 0 Å². The molecule has 2 heterocycles. The predicted molar refractivity (Wildman–Crippen MR) is 88.5 cm³/mol. The second kappa shape index (κ2) is 5.79. The predicted octanol–water partition coefficient (Wildman–Crippen LogP) is 2.58. The van der Waals surface area contributed by atoms with Gasteiger partial charge in [0.05, 0.1) is 19.9 Å². The standard InChI is InChI=1S/C17H19N3O3/c1-5-14-10(2)18-16-9-15(19-20(16)17(14)21)11-6-12(22-3)8-13(7-11)23-4/h6-9,19H,5H2,1-4H3. The number of benzene rings is 1. The lowest BCUT2D eigenvalue weighted by molar-refractivity contribution is 0.394. The van der Waals surface area contributed by atoms with E-state index in [4.69, 9.17) is 9.47 Å². The molecule has 6 heteroatoms. The number of aryl methyl sites for hydroxylation is 1. The largest absolute Gasteiger partial charge is 0.497 e. The van der Waals surface area contributed by atoms with Gasteiger partial charge in [0.15, 0.2) is 5.65 Å². The second-order valence-electron chi connectivity index (χ2n) is 5.30. The molecule has 1 N–H and O–H groups in total. The number of fused-ring (bicyclic) bond motifs is 1. The van der Waals surface area contributed by atoms with Gasteiger partial charge >= 0.3 is 0 Å². The van der Waals surface area contributed by atoms with Gasteiger partial charge in [0.1, 0.15) is 11.5 Å².